The molecule has 1 aliphatic carbocycles. The lowest BCUT2D eigenvalue weighted by Crippen LogP contribution is -2.27. The SMILES string of the molecule is CN(C)S(=O)(=O)N=NCC1=CCC(Cl)(OS(C)(=O)=O)C=C1. The first-order valence-electron chi connectivity index (χ1n) is 5.73. The third-order valence-corrected chi connectivity index (χ3v) is 4.65. The van der Waals surface area contributed by atoms with Gasteiger partial charge >= 0.3 is 10.2 Å². The third kappa shape index (κ3) is 6.22. The molecule has 0 N–H and O–H groups in total. The molecule has 0 amide bonds. The van der Waals surface area contributed by atoms with E-state index < -0.39 is 25.4 Å². The van der Waals surface area contributed by atoms with Gasteiger partial charge in [-0.3, -0.25) is 0 Å². The van der Waals surface area contributed by atoms with E-state index in [0.717, 1.165) is 10.6 Å². The summed E-state index contributed by atoms with van der Waals surface area (Å²) in [6.45, 7) is 0.0371. The summed E-state index contributed by atoms with van der Waals surface area (Å²) in [4.78, 5) is 0. The van der Waals surface area contributed by atoms with E-state index in [9.17, 15) is 16.8 Å². The highest BCUT2D eigenvalue weighted by Crippen LogP contribution is 2.30. The number of halogens is 1. The van der Waals surface area contributed by atoms with Gasteiger partial charge in [0.15, 0.2) is 5.06 Å². The second-order valence-corrected chi connectivity index (χ2v) is 8.54. The first-order valence-corrected chi connectivity index (χ1v) is 9.32. The molecule has 0 saturated carbocycles. The molecule has 8 nitrogen and oxygen atoms in total. The average Bonchev–Trinajstić information content (AvgIpc) is 2.29. The molecule has 120 valence electrons. The fraction of sp³-hybridized carbons (Fsp3) is 0.600. The standard InChI is InChI=1S/C10H16ClN3O5S2/c1-14(2)21(17,18)13-12-8-9-4-6-10(11,7-5-9)19-20(3,15)16/h4-6H,7-8H2,1-3H3. The fourth-order valence-corrected chi connectivity index (χ4v) is 2.79. The van der Waals surface area contributed by atoms with E-state index in [1.807, 2.05) is 0 Å². The van der Waals surface area contributed by atoms with E-state index in [2.05, 4.69) is 9.63 Å². The van der Waals surface area contributed by atoms with E-state index in [1.165, 1.54) is 26.2 Å². The number of hydrogen-bond acceptors (Lipinski definition) is 6. The summed E-state index contributed by atoms with van der Waals surface area (Å²) in [6, 6.07) is 0. The molecule has 1 unspecified atom stereocenters. The molecule has 0 radical (unpaired) electrons. The molecule has 0 spiro atoms. The highest BCUT2D eigenvalue weighted by molar-refractivity contribution is 7.87. The van der Waals surface area contributed by atoms with Gasteiger partial charge in [0.25, 0.3) is 10.1 Å². The second-order valence-electron chi connectivity index (χ2n) is 4.53. The largest absolute Gasteiger partial charge is 0.339 e. The number of rotatable bonds is 6. The van der Waals surface area contributed by atoms with Crippen LogP contribution >= 0.6 is 11.6 Å². The van der Waals surface area contributed by atoms with Crippen molar-refractivity contribution in [2.45, 2.75) is 11.5 Å². The van der Waals surface area contributed by atoms with E-state index >= 15 is 0 Å². The zero-order valence-corrected chi connectivity index (χ0v) is 14.1. The zero-order valence-electron chi connectivity index (χ0n) is 11.7. The Morgan fingerprint density at radius 2 is 2.00 bits per heavy atom. The zero-order chi connectivity index (χ0) is 16.3. The molecule has 11 heteroatoms. The highest BCUT2D eigenvalue weighted by atomic mass is 35.5. The Hall–Kier alpha value is -0.810. The summed E-state index contributed by atoms with van der Waals surface area (Å²) in [6.07, 6.45) is 5.53. The summed E-state index contributed by atoms with van der Waals surface area (Å²) < 4.78 is 53.8. The minimum absolute atomic E-state index is 0.0371. The number of alkyl halides is 1. The Morgan fingerprint density at radius 3 is 2.43 bits per heavy atom. The summed E-state index contributed by atoms with van der Waals surface area (Å²) >= 11 is 5.98. The van der Waals surface area contributed by atoms with Gasteiger partial charge in [-0.2, -0.15) is 26.3 Å². The van der Waals surface area contributed by atoms with Crippen LogP contribution in [0.15, 0.2) is 33.4 Å². The van der Waals surface area contributed by atoms with Crippen molar-refractivity contribution in [1.82, 2.24) is 4.31 Å². The maximum atomic E-state index is 11.4. The van der Waals surface area contributed by atoms with Crippen LogP contribution in [0.2, 0.25) is 0 Å². The lowest BCUT2D eigenvalue weighted by Gasteiger charge is -2.23. The van der Waals surface area contributed by atoms with E-state index in [0.29, 0.717) is 5.57 Å². The lowest BCUT2D eigenvalue weighted by molar-refractivity contribution is 0.219. The Labute approximate surface area is 129 Å². The topological polar surface area (TPSA) is 105 Å². The van der Waals surface area contributed by atoms with Crippen LogP contribution in [-0.2, 0) is 24.5 Å². The van der Waals surface area contributed by atoms with Crippen LogP contribution in [-0.4, -0.2) is 53.1 Å². The molecule has 1 aliphatic rings. The lowest BCUT2D eigenvalue weighted by atomic mass is 10.1. The van der Waals surface area contributed by atoms with Crippen molar-refractivity contribution in [2.24, 2.45) is 9.63 Å². The summed E-state index contributed by atoms with van der Waals surface area (Å²) in [5, 5.41) is 2.13. The minimum atomic E-state index is -3.74. The van der Waals surface area contributed by atoms with Gasteiger partial charge in [0.2, 0.25) is 0 Å². The quantitative estimate of drug-likeness (QED) is 0.401. The Kier molecular flexibility index (Phi) is 5.67. The molecule has 0 bridgehead atoms. The molecule has 0 aromatic carbocycles. The Bertz CT molecular complexity index is 681. The van der Waals surface area contributed by atoms with Crippen LogP contribution < -0.4 is 0 Å². The van der Waals surface area contributed by atoms with Crippen molar-refractivity contribution in [2.75, 3.05) is 26.9 Å². The van der Waals surface area contributed by atoms with Gasteiger partial charge in [0.1, 0.15) is 0 Å². The van der Waals surface area contributed by atoms with Crippen molar-refractivity contribution in [3.05, 3.63) is 23.8 Å². The van der Waals surface area contributed by atoms with Gasteiger partial charge in [-0.1, -0.05) is 23.8 Å². The predicted molar refractivity (Wildman–Crippen MR) is 78.7 cm³/mol. The van der Waals surface area contributed by atoms with Crippen molar-refractivity contribution in [3.63, 3.8) is 0 Å². The smallest absolute Gasteiger partial charge is 0.243 e. The minimum Gasteiger partial charge on any atom is -0.243 e. The molecular weight excluding hydrogens is 342 g/mol. The normalized spacial score (nSPS) is 23.8. The van der Waals surface area contributed by atoms with Crippen molar-refractivity contribution >= 4 is 31.9 Å². The van der Waals surface area contributed by atoms with Gasteiger partial charge in [-0.15, -0.1) is 0 Å². The molecule has 0 saturated heterocycles. The average molecular weight is 358 g/mol. The van der Waals surface area contributed by atoms with Gasteiger partial charge in [-0.05, 0) is 16.2 Å². The molecule has 0 heterocycles. The highest BCUT2D eigenvalue weighted by Gasteiger charge is 2.30. The van der Waals surface area contributed by atoms with Crippen molar-refractivity contribution < 1.29 is 21.0 Å². The third-order valence-electron chi connectivity index (χ3n) is 2.35. The molecule has 0 aromatic rings. The van der Waals surface area contributed by atoms with Crippen LogP contribution in [0, 0.1) is 0 Å². The van der Waals surface area contributed by atoms with Crippen LogP contribution in [0.4, 0.5) is 0 Å². The summed E-state index contributed by atoms with van der Waals surface area (Å²) in [5.74, 6) is 0. The molecule has 0 aromatic heterocycles. The molecule has 1 rings (SSSR count). The molecule has 0 aliphatic heterocycles. The molecule has 0 fully saturated rings. The van der Waals surface area contributed by atoms with E-state index in [1.54, 1.807) is 6.08 Å². The number of nitrogens with zero attached hydrogens (tertiary/aromatic N) is 3. The maximum absolute atomic E-state index is 11.4. The Balaban J connectivity index is 2.66. The summed E-state index contributed by atoms with van der Waals surface area (Å²) in [7, 11) is -4.73. The van der Waals surface area contributed by atoms with Crippen molar-refractivity contribution in [1.29, 1.82) is 0 Å². The van der Waals surface area contributed by atoms with Gasteiger partial charge < -0.3 is 0 Å². The fourth-order valence-electron chi connectivity index (χ4n) is 1.33. The van der Waals surface area contributed by atoms with Crippen LogP contribution in [0.25, 0.3) is 0 Å². The van der Waals surface area contributed by atoms with E-state index in [-0.39, 0.29) is 13.0 Å². The first-order chi connectivity index (χ1) is 9.44. The maximum Gasteiger partial charge on any atom is 0.339 e. The molecule has 1 atom stereocenters. The van der Waals surface area contributed by atoms with Crippen LogP contribution in [0.3, 0.4) is 0 Å². The first kappa shape index (κ1) is 18.2. The molecule has 21 heavy (non-hydrogen) atoms. The Morgan fingerprint density at radius 1 is 1.38 bits per heavy atom. The second kappa shape index (κ2) is 6.53. The van der Waals surface area contributed by atoms with Gasteiger partial charge in [-0.25, -0.2) is 4.18 Å². The number of hydrogen-bond donors (Lipinski definition) is 0. The summed E-state index contributed by atoms with van der Waals surface area (Å²) in [5.41, 5.74) is 0.654. The van der Waals surface area contributed by atoms with Crippen LogP contribution in [0.1, 0.15) is 6.42 Å². The van der Waals surface area contributed by atoms with Crippen LogP contribution in [0.5, 0.6) is 0 Å². The molecular formula is C10H16ClN3O5S2. The predicted octanol–water partition coefficient (Wildman–Crippen LogP) is 1.04. The monoisotopic (exact) mass is 357 g/mol. The van der Waals surface area contributed by atoms with E-state index in [4.69, 9.17) is 15.8 Å². The van der Waals surface area contributed by atoms with Gasteiger partial charge in [0, 0.05) is 20.5 Å². The van der Waals surface area contributed by atoms with Crippen molar-refractivity contribution in [3.8, 4) is 0 Å². The van der Waals surface area contributed by atoms with Gasteiger partial charge in [0.05, 0.1) is 12.8 Å².